The molecule has 146 valence electrons. The SMILES string of the molecule is CN1CCN(C(=O)c2csc(NC(=O)CN3Cc4ccccc4C3=O)n2)CC1. The third-order valence-electron chi connectivity index (χ3n) is 4.99. The van der Waals surface area contributed by atoms with Gasteiger partial charge in [-0.05, 0) is 18.7 Å². The molecule has 4 rings (SSSR count). The molecule has 2 aliphatic rings. The Kier molecular flexibility index (Phi) is 5.10. The van der Waals surface area contributed by atoms with Crippen molar-refractivity contribution in [1.29, 1.82) is 0 Å². The second-order valence-electron chi connectivity index (χ2n) is 7.00. The second kappa shape index (κ2) is 7.69. The Bertz CT molecular complexity index is 920. The van der Waals surface area contributed by atoms with Gasteiger partial charge in [0.25, 0.3) is 11.8 Å². The minimum Gasteiger partial charge on any atom is -0.335 e. The molecule has 2 aromatic rings. The highest BCUT2D eigenvalue weighted by molar-refractivity contribution is 7.14. The zero-order valence-electron chi connectivity index (χ0n) is 15.6. The number of fused-ring (bicyclic) bond motifs is 1. The third kappa shape index (κ3) is 3.76. The topological polar surface area (TPSA) is 85.9 Å². The van der Waals surface area contributed by atoms with Gasteiger partial charge in [-0.1, -0.05) is 18.2 Å². The first kappa shape index (κ1) is 18.6. The number of carbonyl (C=O) groups excluding carboxylic acids is 3. The lowest BCUT2D eigenvalue weighted by molar-refractivity contribution is -0.116. The van der Waals surface area contributed by atoms with Crippen LogP contribution in [0.25, 0.3) is 0 Å². The molecule has 8 nitrogen and oxygen atoms in total. The van der Waals surface area contributed by atoms with Crippen LogP contribution in [0.15, 0.2) is 29.6 Å². The van der Waals surface area contributed by atoms with E-state index in [1.165, 1.54) is 16.2 Å². The molecule has 0 spiro atoms. The van der Waals surface area contributed by atoms with Crippen molar-refractivity contribution in [3.8, 4) is 0 Å². The number of hydrogen-bond acceptors (Lipinski definition) is 6. The van der Waals surface area contributed by atoms with Gasteiger partial charge in [0, 0.05) is 43.7 Å². The number of amides is 3. The van der Waals surface area contributed by atoms with Crippen molar-refractivity contribution >= 4 is 34.2 Å². The van der Waals surface area contributed by atoms with Crippen molar-refractivity contribution in [1.82, 2.24) is 19.7 Å². The molecule has 1 N–H and O–H groups in total. The lowest BCUT2D eigenvalue weighted by atomic mass is 10.1. The Morgan fingerprint density at radius 3 is 2.68 bits per heavy atom. The summed E-state index contributed by atoms with van der Waals surface area (Å²) < 4.78 is 0. The average Bonchev–Trinajstić information content (AvgIpc) is 3.27. The van der Waals surface area contributed by atoms with Crippen LogP contribution in [0.3, 0.4) is 0 Å². The maximum atomic E-state index is 12.5. The smallest absolute Gasteiger partial charge is 0.273 e. The van der Waals surface area contributed by atoms with Crippen LogP contribution < -0.4 is 5.32 Å². The Balaban J connectivity index is 1.33. The summed E-state index contributed by atoms with van der Waals surface area (Å²) in [6, 6.07) is 7.35. The van der Waals surface area contributed by atoms with Gasteiger partial charge in [0.1, 0.15) is 12.2 Å². The Morgan fingerprint density at radius 2 is 1.93 bits per heavy atom. The highest BCUT2D eigenvalue weighted by atomic mass is 32.1. The van der Waals surface area contributed by atoms with Crippen LogP contribution in [0.1, 0.15) is 26.4 Å². The van der Waals surface area contributed by atoms with E-state index in [9.17, 15) is 14.4 Å². The summed E-state index contributed by atoms with van der Waals surface area (Å²) in [4.78, 5) is 47.0. The van der Waals surface area contributed by atoms with Gasteiger partial charge < -0.3 is 20.0 Å². The predicted molar refractivity (Wildman–Crippen MR) is 105 cm³/mol. The van der Waals surface area contributed by atoms with Gasteiger partial charge in [0.15, 0.2) is 5.13 Å². The summed E-state index contributed by atoms with van der Waals surface area (Å²) in [6.45, 7) is 3.40. The van der Waals surface area contributed by atoms with Crippen molar-refractivity contribution in [2.24, 2.45) is 0 Å². The molecule has 3 heterocycles. The van der Waals surface area contributed by atoms with Crippen LogP contribution in [0, 0.1) is 0 Å². The molecule has 0 saturated carbocycles. The molecule has 0 atom stereocenters. The van der Waals surface area contributed by atoms with Crippen LogP contribution in [0.2, 0.25) is 0 Å². The number of piperazine rings is 1. The lowest BCUT2D eigenvalue weighted by Crippen LogP contribution is -2.47. The van der Waals surface area contributed by atoms with Crippen molar-refractivity contribution in [2.45, 2.75) is 6.54 Å². The number of thiazole rings is 1. The summed E-state index contributed by atoms with van der Waals surface area (Å²) in [6.07, 6.45) is 0. The number of likely N-dealkylation sites (N-methyl/N-ethyl adjacent to an activating group) is 1. The van der Waals surface area contributed by atoms with E-state index in [1.807, 2.05) is 25.2 Å². The van der Waals surface area contributed by atoms with Crippen LogP contribution >= 0.6 is 11.3 Å². The first-order valence-electron chi connectivity index (χ1n) is 9.11. The van der Waals surface area contributed by atoms with Gasteiger partial charge in [-0.3, -0.25) is 14.4 Å². The number of aromatic nitrogens is 1. The maximum Gasteiger partial charge on any atom is 0.273 e. The zero-order valence-corrected chi connectivity index (χ0v) is 16.4. The molecule has 9 heteroatoms. The molecule has 1 aromatic carbocycles. The zero-order chi connectivity index (χ0) is 19.7. The Morgan fingerprint density at radius 1 is 1.18 bits per heavy atom. The van der Waals surface area contributed by atoms with E-state index >= 15 is 0 Å². The van der Waals surface area contributed by atoms with E-state index in [0.29, 0.717) is 36.0 Å². The molecule has 0 bridgehead atoms. The summed E-state index contributed by atoms with van der Waals surface area (Å²) in [5, 5.41) is 4.72. The molecule has 1 aromatic heterocycles. The van der Waals surface area contributed by atoms with E-state index in [0.717, 1.165) is 18.7 Å². The number of anilines is 1. The molecule has 28 heavy (non-hydrogen) atoms. The predicted octanol–water partition coefficient (Wildman–Crippen LogP) is 1.13. The van der Waals surface area contributed by atoms with E-state index in [1.54, 1.807) is 16.3 Å². The van der Waals surface area contributed by atoms with Crippen molar-refractivity contribution in [2.75, 3.05) is 45.1 Å². The molecule has 3 amide bonds. The number of carbonyl (C=O) groups is 3. The van der Waals surface area contributed by atoms with Gasteiger partial charge in [-0.2, -0.15) is 0 Å². The maximum absolute atomic E-state index is 12.5. The largest absolute Gasteiger partial charge is 0.335 e. The van der Waals surface area contributed by atoms with Crippen molar-refractivity contribution in [3.05, 3.63) is 46.5 Å². The summed E-state index contributed by atoms with van der Waals surface area (Å²) in [5.41, 5.74) is 1.91. The average molecular weight is 399 g/mol. The molecule has 0 radical (unpaired) electrons. The standard InChI is InChI=1S/C19H21N5O3S/c1-22-6-8-23(9-7-22)18(27)15-12-28-19(20-15)21-16(25)11-24-10-13-4-2-3-5-14(13)17(24)26/h2-5,12H,6-11H2,1H3,(H,20,21,25). The van der Waals surface area contributed by atoms with Gasteiger partial charge in [-0.25, -0.2) is 4.98 Å². The normalized spacial score (nSPS) is 17.0. The number of nitrogens with one attached hydrogen (secondary N) is 1. The summed E-state index contributed by atoms with van der Waals surface area (Å²) in [7, 11) is 2.03. The van der Waals surface area contributed by atoms with Crippen LogP contribution in [0.5, 0.6) is 0 Å². The minimum absolute atomic E-state index is 0.0468. The lowest BCUT2D eigenvalue weighted by Gasteiger charge is -2.31. The quantitative estimate of drug-likeness (QED) is 0.833. The fourth-order valence-corrected chi connectivity index (χ4v) is 4.08. The van der Waals surface area contributed by atoms with E-state index in [4.69, 9.17) is 0 Å². The van der Waals surface area contributed by atoms with Gasteiger partial charge in [0.2, 0.25) is 5.91 Å². The summed E-state index contributed by atoms with van der Waals surface area (Å²) in [5.74, 6) is -0.583. The molecule has 2 aliphatic heterocycles. The molecule has 0 unspecified atom stereocenters. The first-order chi connectivity index (χ1) is 13.5. The van der Waals surface area contributed by atoms with Gasteiger partial charge in [-0.15, -0.1) is 11.3 Å². The number of benzene rings is 1. The van der Waals surface area contributed by atoms with E-state index in [-0.39, 0.29) is 24.3 Å². The van der Waals surface area contributed by atoms with Crippen molar-refractivity contribution in [3.63, 3.8) is 0 Å². The Labute approximate surface area is 166 Å². The van der Waals surface area contributed by atoms with Gasteiger partial charge in [0.05, 0.1) is 0 Å². The number of nitrogens with zero attached hydrogens (tertiary/aromatic N) is 4. The third-order valence-corrected chi connectivity index (χ3v) is 5.75. The fourth-order valence-electron chi connectivity index (χ4n) is 3.38. The molecule has 1 fully saturated rings. The first-order valence-corrected chi connectivity index (χ1v) is 9.99. The second-order valence-corrected chi connectivity index (χ2v) is 7.86. The number of hydrogen-bond donors (Lipinski definition) is 1. The molecular formula is C19H21N5O3S. The summed E-state index contributed by atoms with van der Waals surface area (Å²) >= 11 is 1.21. The van der Waals surface area contributed by atoms with Crippen LogP contribution in [-0.4, -0.2) is 77.2 Å². The molecular weight excluding hydrogens is 378 g/mol. The fraction of sp³-hybridized carbons (Fsp3) is 0.368. The van der Waals surface area contributed by atoms with E-state index < -0.39 is 0 Å². The van der Waals surface area contributed by atoms with E-state index in [2.05, 4.69) is 15.2 Å². The highest BCUT2D eigenvalue weighted by Crippen LogP contribution is 2.22. The van der Waals surface area contributed by atoms with Crippen molar-refractivity contribution < 1.29 is 14.4 Å². The highest BCUT2D eigenvalue weighted by Gasteiger charge is 2.28. The van der Waals surface area contributed by atoms with Gasteiger partial charge >= 0.3 is 0 Å². The monoisotopic (exact) mass is 399 g/mol. The van der Waals surface area contributed by atoms with Crippen LogP contribution in [-0.2, 0) is 11.3 Å². The number of rotatable bonds is 4. The molecule has 0 aliphatic carbocycles. The minimum atomic E-state index is -0.325. The van der Waals surface area contributed by atoms with Crippen LogP contribution in [0.4, 0.5) is 5.13 Å². The molecule has 1 saturated heterocycles. The Hall–Kier alpha value is -2.78.